The average Bonchev–Trinajstić information content (AvgIpc) is 2.29. The zero-order valence-electron chi connectivity index (χ0n) is 9.43. The third kappa shape index (κ3) is 2.87. The van der Waals surface area contributed by atoms with Gasteiger partial charge in [-0.1, -0.05) is 41.0 Å². The third-order valence-corrected chi connectivity index (χ3v) is 5.04. The summed E-state index contributed by atoms with van der Waals surface area (Å²) < 4.78 is 0. The molecule has 0 saturated carbocycles. The Balaban J connectivity index is 2.33. The lowest BCUT2D eigenvalue weighted by molar-refractivity contribution is -0.115. The first kappa shape index (κ1) is 13.0. The van der Waals surface area contributed by atoms with Gasteiger partial charge >= 0.3 is 0 Å². The van der Waals surface area contributed by atoms with Gasteiger partial charge in [0.2, 0.25) is 0 Å². The van der Waals surface area contributed by atoms with Gasteiger partial charge in [-0.25, -0.2) is 0 Å². The molecule has 90 valence electrons. The molecule has 0 atom stereocenters. The van der Waals surface area contributed by atoms with E-state index in [4.69, 9.17) is 23.2 Å². The summed E-state index contributed by atoms with van der Waals surface area (Å²) >= 11 is 13.8. The van der Waals surface area contributed by atoms with Gasteiger partial charge in [0.1, 0.15) is 0 Å². The smallest absolute Gasteiger partial charge is 0.159 e. The first-order valence-electron chi connectivity index (χ1n) is 5.44. The highest BCUT2D eigenvalue weighted by Crippen LogP contribution is 2.42. The van der Waals surface area contributed by atoms with E-state index in [-0.39, 0.29) is 5.78 Å². The molecule has 4 heteroatoms. The Kier molecular flexibility index (Phi) is 4.18. The molecule has 0 unspecified atom stereocenters. The lowest BCUT2D eigenvalue weighted by Crippen LogP contribution is -2.07. The van der Waals surface area contributed by atoms with E-state index in [1.165, 1.54) is 11.8 Å². The maximum atomic E-state index is 11.6. The fraction of sp³-hybridized carbons (Fsp3) is 0.308. The summed E-state index contributed by atoms with van der Waals surface area (Å²) in [6.45, 7) is 1.88. The summed E-state index contributed by atoms with van der Waals surface area (Å²) in [4.78, 5) is 13.6. The van der Waals surface area contributed by atoms with Gasteiger partial charge in [0, 0.05) is 16.9 Å². The highest BCUT2D eigenvalue weighted by molar-refractivity contribution is 8.03. The molecule has 0 fully saturated rings. The molecule has 0 bridgehead atoms. The van der Waals surface area contributed by atoms with Crippen molar-refractivity contribution in [1.29, 1.82) is 0 Å². The zero-order valence-corrected chi connectivity index (χ0v) is 11.8. The number of hydrogen-bond acceptors (Lipinski definition) is 2. The first-order valence-corrected chi connectivity index (χ1v) is 7.01. The van der Waals surface area contributed by atoms with Crippen molar-refractivity contribution >= 4 is 40.7 Å². The minimum atomic E-state index is 0.238. The number of thioether (sulfide) groups is 1. The highest BCUT2D eigenvalue weighted by Gasteiger charge is 2.19. The Morgan fingerprint density at radius 2 is 1.82 bits per heavy atom. The van der Waals surface area contributed by atoms with E-state index >= 15 is 0 Å². The van der Waals surface area contributed by atoms with Crippen LogP contribution in [-0.4, -0.2) is 5.78 Å². The van der Waals surface area contributed by atoms with Gasteiger partial charge in [-0.3, -0.25) is 4.79 Å². The minimum absolute atomic E-state index is 0.238. The molecule has 1 nitrogen and oxygen atoms in total. The van der Waals surface area contributed by atoms with Gasteiger partial charge in [-0.05, 0) is 36.8 Å². The van der Waals surface area contributed by atoms with E-state index in [0.717, 1.165) is 28.2 Å². The molecule has 1 aliphatic carbocycles. The van der Waals surface area contributed by atoms with Crippen LogP contribution in [0.4, 0.5) is 0 Å². The third-order valence-electron chi connectivity index (χ3n) is 2.79. The second-order valence-corrected chi connectivity index (χ2v) is 5.90. The highest BCUT2D eigenvalue weighted by atomic mass is 35.5. The summed E-state index contributed by atoms with van der Waals surface area (Å²) in [6, 6.07) is 5.45. The quantitative estimate of drug-likeness (QED) is 0.751. The molecule has 1 aromatic rings. The number of carbonyl (C=O) groups is 1. The van der Waals surface area contributed by atoms with Gasteiger partial charge in [0.15, 0.2) is 5.78 Å². The van der Waals surface area contributed by atoms with Crippen LogP contribution in [0, 0.1) is 0 Å². The molecular weight excluding hydrogens is 275 g/mol. The van der Waals surface area contributed by atoms with Crippen molar-refractivity contribution in [3.63, 3.8) is 0 Å². The summed E-state index contributed by atoms with van der Waals surface area (Å²) in [5, 5.41) is 1.28. The second-order valence-electron chi connectivity index (χ2n) is 3.98. The van der Waals surface area contributed by atoms with Crippen LogP contribution >= 0.6 is 35.0 Å². The predicted octanol–water partition coefficient (Wildman–Crippen LogP) is 5.11. The fourth-order valence-corrected chi connectivity index (χ4v) is 3.49. The molecule has 0 amide bonds. The SMILES string of the molecule is CC1=C(Sc2c(Cl)cccc2Cl)CCCC1=O. The lowest BCUT2D eigenvalue weighted by Gasteiger charge is -2.17. The van der Waals surface area contributed by atoms with Crippen molar-refractivity contribution < 1.29 is 4.79 Å². The normalized spacial score (nSPS) is 16.5. The van der Waals surface area contributed by atoms with E-state index < -0.39 is 0 Å². The predicted molar refractivity (Wildman–Crippen MR) is 73.9 cm³/mol. The Morgan fingerprint density at radius 3 is 2.47 bits per heavy atom. The number of rotatable bonds is 2. The molecule has 0 spiro atoms. The van der Waals surface area contributed by atoms with E-state index in [1.807, 2.05) is 25.1 Å². The van der Waals surface area contributed by atoms with Crippen molar-refractivity contribution in [3.8, 4) is 0 Å². The molecular formula is C13H12Cl2OS. The van der Waals surface area contributed by atoms with Crippen molar-refractivity contribution in [2.45, 2.75) is 31.1 Å². The summed E-state index contributed by atoms with van der Waals surface area (Å²) in [5.74, 6) is 0.238. The average molecular weight is 287 g/mol. The van der Waals surface area contributed by atoms with Crippen LogP contribution in [0.1, 0.15) is 26.2 Å². The van der Waals surface area contributed by atoms with Crippen LogP contribution in [0.5, 0.6) is 0 Å². The monoisotopic (exact) mass is 286 g/mol. The van der Waals surface area contributed by atoms with Crippen LogP contribution in [0.15, 0.2) is 33.6 Å². The first-order chi connectivity index (χ1) is 8.09. The fourth-order valence-electron chi connectivity index (χ4n) is 1.77. The number of ketones is 1. The van der Waals surface area contributed by atoms with Gasteiger partial charge in [-0.15, -0.1) is 0 Å². The Morgan fingerprint density at radius 1 is 1.18 bits per heavy atom. The van der Waals surface area contributed by atoms with Crippen LogP contribution in [-0.2, 0) is 4.79 Å². The molecule has 0 radical (unpaired) electrons. The molecule has 0 aromatic heterocycles. The van der Waals surface area contributed by atoms with E-state index in [1.54, 1.807) is 0 Å². The number of halogens is 2. The largest absolute Gasteiger partial charge is 0.295 e. The van der Waals surface area contributed by atoms with Crippen LogP contribution in [0.25, 0.3) is 0 Å². The Bertz CT molecular complexity index is 474. The van der Waals surface area contributed by atoms with Crippen molar-refractivity contribution in [3.05, 3.63) is 38.7 Å². The molecule has 1 aliphatic rings. The number of Topliss-reactive ketones (excluding diaryl/α,β-unsaturated/α-hetero) is 1. The van der Waals surface area contributed by atoms with Crippen molar-refractivity contribution in [2.75, 3.05) is 0 Å². The van der Waals surface area contributed by atoms with E-state index in [0.29, 0.717) is 16.5 Å². The lowest BCUT2D eigenvalue weighted by atomic mass is 9.99. The molecule has 1 aromatic carbocycles. The number of allylic oxidation sites excluding steroid dienone is 2. The summed E-state index contributed by atoms with van der Waals surface area (Å²) in [6.07, 6.45) is 2.51. The molecule has 0 N–H and O–H groups in total. The van der Waals surface area contributed by atoms with Crippen LogP contribution in [0.2, 0.25) is 10.0 Å². The Labute approximate surface area is 115 Å². The summed E-state index contributed by atoms with van der Waals surface area (Å²) in [5.41, 5.74) is 0.859. The molecule has 2 rings (SSSR count). The molecule has 17 heavy (non-hydrogen) atoms. The van der Waals surface area contributed by atoms with Gasteiger partial charge in [-0.2, -0.15) is 0 Å². The zero-order chi connectivity index (χ0) is 12.4. The van der Waals surface area contributed by atoms with E-state index in [2.05, 4.69) is 0 Å². The topological polar surface area (TPSA) is 17.1 Å². The maximum absolute atomic E-state index is 11.6. The maximum Gasteiger partial charge on any atom is 0.159 e. The molecule has 0 aliphatic heterocycles. The van der Waals surface area contributed by atoms with Crippen molar-refractivity contribution in [2.24, 2.45) is 0 Å². The second kappa shape index (κ2) is 5.47. The van der Waals surface area contributed by atoms with Crippen LogP contribution in [0.3, 0.4) is 0 Å². The number of carbonyl (C=O) groups excluding carboxylic acids is 1. The standard InChI is InChI=1S/C13H12Cl2OS/c1-8-11(16)6-3-7-12(8)17-13-9(14)4-2-5-10(13)15/h2,4-5H,3,6-7H2,1H3. The van der Waals surface area contributed by atoms with Crippen molar-refractivity contribution in [1.82, 2.24) is 0 Å². The number of benzene rings is 1. The van der Waals surface area contributed by atoms with Gasteiger partial charge < -0.3 is 0 Å². The Hall–Kier alpha value is -0.440. The minimum Gasteiger partial charge on any atom is -0.295 e. The molecule has 0 heterocycles. The molecule has 0 saturated heterocycles. The summed E-state index contributed by atoms with van der Waals surface area (Å²) in [7, 11) is 0. The number of hydrogen-bond donors (Lipinski definition) is 0. The van der Waals surface area contributed by atoms with Crippen LogP contribution < -0.4 is 0 Å². The van der Waals surface area contributed by atoms with Gasteiger partial charge in [0.05, 0.1) is 10.0 Å². The van der Waals surface area contributed by atoms with E-state index in [9.17, 15) is 4.79 Å². The van der Waals surface area contributed by atoms with Gasteiger partial charge in [0.25, 0.3) is 0 Å².